The van der Waals surface area contributed by atoms with Gasteiger partial charge in [-0.05, 0) is 56.7 Å². The zero-order chi connectivity index (χ0) is 20.6. The molecule has 0 saturated carbocycles. The maximum Gasteiger partial charge on any atom is 0.255 e. The molecule has 0 bridgehead atoms. The van der Waals surface area contributed by atoms with Gasteiger partial charge in [-0.3, -0.25) is 4.79 Å². The van der Waals surface area contributed by atoms with Crippen LogP contribution in [0.15, 0.2) is 41.3 Å². The van der Waals surface area contributed by atoms with Crippen LogP contribution in [0.5, 0.6) is 0 Å². The van der Waals surface area contributed by atoms with Crippen molar-refractivity contribution in [2.75, 3.05) is 19.4 Å². The van der Waals surface area contributed by atoms with E-state index in [0.717, 1.165) is 26.8 Å². The number of hydrogen-bond acceptors (Lipinski definition) is 5. The van der Waals surface area contributed by atoms with E-state index in [1.54, 1.807) is 31.2 Å². The molecule has 0 atom stereocenters. The van der Waals surface area contributed by atoms with Crippen LogP contribution in [0.1, 0.15) is 27.3 Å². The van der Waals surface area contributed by atoms with E-state index in [2.05, 4.69) is 15.3 Å². The number of carbonyl (C=O) groups is 1. The van der Waals surface area contributed by atoms with Crippen LogP contribution in [0, 0.1) is 20.8 Å². The summed E-state index contributed by atoms with van der Waals surface area (Å²) in [7, 11) is -0.659. The highest BCUT2D eigenvalue weighted by molar-refractivity contribution is 7.89. The zero-order valence-corrected chi connectivity index (χ0v) is 17.3. The van der Waals surface area contributed by atoms with Crippen molar-refractivity contribution >= 4 is 32.7 Å². The van der Waals surface area contributed by atoms with Crippen LogP contribution in [-0.2, 0) is 10.0 Å². The Morgan fingerprint density at radius 2 is 1.57 bits per heavy atom. The minimum absolute atomic E-state index is 0.119. The summed E-state index contributed by atoms with van der Waals surface area (Å²) in [6.45, 7) is 5.56. The lowest BCUT2D eigenvalue weighted by molar-refractivity contribution is 0.102. The molecular formula is C20H22N4O3S. The summed E-state index contributed by atoms with van der Waals surface area (Å²) in [5.41, 5.74) is 4.63. The largest absolute Gasteiger partial charge is 0.322 e. The van der Waals surface area contributed by atoms with Gasteiger partial charge in [-0.15, -0.1) is 0 Å². The molecule has 3 aromatic rings. The first-order chi connectivity index (χ1) is 13.1. The third kappa shape index (κ3) is 3.74. The minimum Gasteiger partial charge on any atom is -0.322 e. The molecule has 1 N–H and O–H groups in total. The fraction of sp³-hybridized carbons (Fsp3) is 0.250. The van der Waals surface area contributed by atoms with Crippen LogP contribution in [0.25, 0.3) is 11.0 Å². The van der Waals surface area contributed by atoms with E-state index in [9.17, 15) is 13.2 Å². The minimum atomic E-state index is -3.59. The van der Waals surface area contributed by atoms with Crippen LogP contribution in [0.2, 0.25) is 0 Å². The van der Waals surface area contributed by atoms with E-state index >= 15 is 0 Å². The molecule has 1 amide bonds. The number of rotatable bonds is 4. The molecular weight excluding hydrogens is 376 g/mol. The second kappa shape index (κ2) is 7.29. The Balaban J connectivity index is 1.95. The number of sulfonamides is 1. The molecule has 146 valence electrons. The number of amides is 1. The first-order valence-corrected chi connectivity index (χ1v) is 10.1. The molecule has 8 heteroatoms. The van der Waals surface area contributed by atoms with Crippen LogP contribution in [0.4, 0.5) is 5.69 Å². The van der Waals surface area contributed by atoms with Crippen LogP contribution in [0.3, 0.4) is 0 Å². The second-order valence-corrected chi connectivity index (χ2v) is 8.97. The Bertz CT molecular complexity index is 1190. The molecule has 7 nitrogen and oxygen atoms in total. The number of carbonyl (C=O) groups excluding carboxylic acids is 1. The van der Waals surface area contributed by atoms with Crippen LogP contribution in [-0.4, -0.2) is 42.7 Å². The summed E-state index contributed by atoms with van der Waals surface area (Å²) in [6.07, 6.45) is 0. The maximum absolute atomic E-state index is 12.7. The smallest absolute Gasteiger partial charge is 0.255 e. The Labute approximate surface area is 164 Å². The highest BCUT2D eigenvalue weighted by atomic mass is 32.2. The Hall–Kier alpha value is -2.84. The molecule has 2 aromatic carbocycles. The second-order valence-electron chi connectivity index (χ2n) is 6.82. The van der Waals surface area contributed by atoms with Gasteiger partial charge in [0.1, 0.15) is 0 Å². The molecule has 0 unspecified atom stereocenters. The van der Waals surface area contributed by atoms with Gasteiger partial charge >= 0.3 is 0 Å². The number of nitrogens with one attached hydrogen (secondary N) is 1. The number of aromatic nitrogens is 2. The fourth-order valence-corrected chi connectivity index (χ4v) is 3.60. The lowest BCUT2D eigenvalue weighted by Gasteiger charge is -2.14. The van der Waals surface area contributed by atoms with Gasteiger partial charge in [0.05, 0.1) is 27.3 Å². The van der Waals surface area contributed by atoms with Gasteiger partial charge in [0.15, 0.2) is 0 Å². The molecule has 0 aliphatic rings. The number of aryl methyl sites for hydroxylation is 3. The van der Waals surface area contributed by atoms with Crippen molar-refractivity contribution < 1.29 is 13.2 Å². The van der Waals surface area contributed by atoms with Crippen molar-refractivity contribution in [2.45, 2.75) is 25.7 Å². The average molecular weight is 398 g/mol. The molecule has 0 aliphatic carbocycles. The number of nitrogens with zero attached hydrogens (tertiary/aromatic N) is 3. The van der Waals surface area contributed by atoms with Crippen molar-refractivity contribution in [1.29, 1.82) is 0 Å². The number of hydrogen-bond donors (Lipinski definition) is 1. The molecule has 1 heterocycles. The summed E-state index contributed by atoms with van der Waals surface area (Å²) < 4.78 is 25.8. The number of fused-ring (bicyclic) bond motifs is 1. The number of benzene rings is 2. The van der Waals surface area contributed by atoms with E-state index < -0.39 is 10.0 Å². The standard InChI is InChI=1S/C20H22N4O3S/c1-12-6-8-16(28(26,27)24(4)5)11-18(12)23-20(25)15-7-9-17-19(10-15)22-14(3)13(2)21-17/h6-11H,1-5H3,(H,23,25). The lowest BCUT2D eigenvalue weighted by atomic mass is 10.1. The predicted octanol–water partition coefficient (Wildman–Crippen LogP) is 3.06. The van der Waals surface area contributed by atoms with Crippen molar-refractivity contribution in [3.63, 3.8) is 0 Å². The monoisotopic (exact) mass is 398 g/mol. The van der Waals surface area contributed by atoms with Crippen molar-refractivity contribution in [3.8, 4) is 0 Å². The molecule has 0 saturated heterocycles. The molecule has 3 rings (SSSR count). The summed E-state index contributed by atoms with van der Waals surface area (Å²) in [6, 6.07) is 9.78. The van der Waals surface area contributed by atoms with Crippen LogP contribution >= 0.6 is 0 Å². The van der Waals surface area contributed by atoms with Crippen molar-refractivity contribution in [1.82, 2.24) is 14.3 Å². The normalized spacial score (nSPS) is 11.8. The van der Waals surface area contributed by atoms with Gasteiger partial charge in [-0.2, -0.15) is 0 Å². The highest BCUT2D eigenvalue weighted by Gasteiger charge is 2.19. The summed E-state index contributed by atoms with van der Waals surface area (Å²) >= 11 is 0. The molecule has 0 radical (unpaired) electrons. The average Bonchev–Trinajstić information content (AvgIpc) is 2.63. The summed E-state index contributed by atoms with van der Waals surface area (Å²) in [5, 5.41) is 2.80. The summed E-state index contributed by atoms with van der Waals surface area (Å²) in [4.78, 5) is 21.8. The van der Waals surface area contributed by atoms with Crippen molar-refractivity contribution in [3.05, 3.63) is 58.9 Å². The van der Waals surface area contributed by atoms with Gasteiger partial charge in [0.2, 0.25) is 10.0 Å². The molecule has 0 fully saturated rings. The van der Waals surface area contributed by atoms with E-state index in [-0.39, 0.29) is 10.8 Å². The first kappa shape index (κ1) is 19.9. The molecule has 1 aromatic heterocycles. The first-order valence-electron chi connectivity index (χ1n) is 8.69. The van der Waals surface area contributed by atoms with Gasteiger partial charge in [-0.25, -0.2) is 22.7 Å². The van der Waals surface area contributed by atoms with Crippen molar-refractivity contribution in [2.24, 2.45) is 0 Å². The molecule has 28 heavy (non-hydrogen) atoms. The third-order valence-corrected chi connectivity index (χ3v) is 6.38. The Morgan fingerprint density at radius 3 is 2.21 bits per heavy atom. The summed E-state index contributed by atoms with van der Waals surface area (Å²) in [5.74, 6) is -0.343. The quantitative estimate of drug-likeness (QED) is 0.729. The fourth-order valence-electron chi connectivity index (χ4n) is 2.67. The van der Waals surface area contributed by atoms with Crippen LogP contribution < -0.4 is 5.32 Å². The Morgan fingerprint density at radius 1 is 0.929 bits per heavy atom. The Kier molecular flexibility index (Phi) is 5.18. The number of anilines is 1. The highest BCUT2D eigenvalue weighted by Crippen LogP contribution is 2.23. The SMILES string of the molecule is Cc1ccc(S(=O)(=O)N(C)C)cc1NC(=O)c1ccc2nc(C)c(C)nc2c1. The van der Waals surface area contributed by atoms with E-state index in [1.165, 1.54) is 26.2 Å². The zero-order valence-electron chi connectivity index (χ0n) is 16.4. The molecule has 0 aliphatic heterocycles. The van der Waals surface area contributed by atoms with E-state index in [0.29, 0.717) is 16.8 Å². The topological polar surface area (TPSA) is 92.3 Å². The van der Waals surface area contributed by atoms with Gasteiger partial charge in [-0.1, -0.05) is 6.07 Å². The predicted molar refractivity (Wildman–Crippen MR) is 109 cm³/mol. The van der Waals surface area contributed by atoms with Gasteiger partial charge in [0.25, 0.3) is 5.91 Å². The van der Waals surface area contributed by atoms with Gasteiger partial charge < -0.3 is 5.32 Å². The van der Waals surface area contributed by atoms with E-state index in [1.807, 2.05) is 13.8 Å². The lowest BCUT2D eigenvalue weighted by Crippen LogP contribution is -2.22. The third-order valence-electron chi connectivity index (χ3n) is 4.57. The molecule has 0 spiro atoms. The van der Waals surface area contributed by atoms with E-state index in [4.69, 9.17) is 0 Å². The van der Waals surface area contributed by atoms with Gasteiger partial charge in [0, 0.05) is 25.3 Å². The maximum atomic E-state index is 12.7.